The van der Waals surface area contributed by atoms with E-state index in [4.69, 9.17) is 9.84 Å². The second-order valence-electron chi connectivity index (χ2n) is 3.84. The fraction of sp³-hybridized carbons (Fsp3) is 0.143. The van der Waals surface area contributed by atoms with E-state index in [1.165, 1.54) is 6.07 Å². The van der Waals surface area contributed by atoms with Crippen LogP contribution >= 0.6 is 15.9 Å². The summed E-state index contributed by atoms with van der Waals surface area (Å²) in [6, 6.07) is 12.1. The first-order chi connectivity index (χ1) is 8.69. The van der Waals surface area contributed by atoms with Gasteiger partial charge in [-0.25, -0.2) is 4.39 Å². The monoisotopic (exact) mass is 310 g/mol. The van der Waals surface area contributed by atoms with E-state index >= 15 is 0 Å². The van der Waals surface area contributed by atoms with Gasteiger partial charge < -0.3 is 9.84 Å². The molecule has 0 spiro atoms. The lowest BCUT2D eigenvalue weighted by Crippen LogP contribution is -1.96. The summed E-state index contributed by atoms with van der Waals surface area (Å²) in [5.74, 6) is 0.144. The number of halogens is 2. The molecule has 0 radical (unpaired) electrons. The highest BCUT2D eigenvalue weighted by molar-refractivity contribution is 9.10. The van der Waals surface area contributed by atoms with Crippen LogP contribution in [0.1, 0.15) is 11.1 Å². The molecule has 2 nitrogen and oxygen atoms in total. The molecule has 0 fully saturated rings. The van der Waals surface area contributed by atoms with Gasteiger partial charge in [0, 0.05) is 6.07 Å². The zero-order valence-corrected chi connectivity index (χ0v) is 11.2. The molecular weight excluding hydrogens is 299 g/mol. The summed E-state index contributed by atoms with van der Waals surface area (Å²) in [5.41, 5.74) is 1.82. The van der Waals surface area contributed by atoms with Crippen molar-refractivity contribution in [3.8, 4) is 5.75 Å². The second kappa shape index (κ2) is 5.98. The Labute approximate surface area is 113 Å². The first-order valence-electron chi connectivity index (χ1n) is 5.45. The van der Waals surface area contributed by atoms with Crippen molar-refractivity contribution in [3.05, 3.63) is 63.9 Å². The minimum absolute atomic E-state index is 0.0268. The highest BCUT2D eigenvalue weighted by atomic mass is 79.9. The van der Waals surface area contributed by atoms with Gasteiger partial charge in [-0.05, 0) is 39.2 Å². The maximum atomic E-state index is 13.2. The van der Waals surface area contributed by atoms with E-state index < -0.39 is 0 Å². The van der Waals surface area contributed by atoms with Crippen molar-refractivity contribution in [2.75, 3.05) is 0 Å². The van der Waals surface area contributed by atoms with Crippen LogP contribution in [0.25, 0.3) is 0 Å². The number of ether oxygens (including phenoxy) is 1. The van der Waals surface area contributed by atoms with Crippen LogP contribution in [0.2, 0.25) is 0 Å². The Morgan fingerprint density at radius 3 is 2.33 bits per heavy atom. The van der Waals surface area contributed by atoms with Crippen LogP contribution in [0.15, 0.2) is 46.9 Å². The molecule has 0 unspecified atom stereocenters. The van der Waals surface area contributed by atoms with Gasteiger partial charge in [-0.2, -0.15) is 0 Å². The molecule has 0 aliphatic rings. The smallest absolute Gasteiger partial charge is 0.141 e. The Bertz CT molecular complexity index is 526. The summed E-state index contributed by atoms with van der Waals surface area (Å²) in [5, 5.41) is 8.92. The molecule has 2 aromatic carbocycles. The van der Waals surface area contributed by atoms with E-state index in [1.807, 2.05) is 24.3 Å². The fourth-order valence-corrected chi connectivity index (χ4v) is 1.72. The molecule has 0 aliphatic heterocycles. The highest BCUT2D eigenvalue weighted by Gasteiger charge is 2.02. The van der Waals surface area contributed by atoms with Crippen LogP contribution in [0.5, 0.6) is 5.75 Å². The average Bonchev–Trinajstić information content (AvgIpc) is 2.41. The van der Waals surface area contributed by atoms with Gasteiger partial charge in [-0.3, -0.25) is 0 Å². The molecular formula is C14H12BrFO2. The summed E-state index contributed by atoms with van der Waals surface area (Å²) in [6.45, 7) is 0.395. The van der Waals surface area contributed by atoms with Crippen molar-refractivity contribution in [3.63, 3.8) is 0 Å². The van der Waals surface area contributed by atoms with Crippen LogP contribution in [0, 0.1) is 5.82 Å². The van der Waals surface area contributed by atoms with Crippen molar-refractivity contribution >= 4 is 15.9 Å². The maximum Gasteiger partial charge on any atom is 0.141 e. The molecule has 18 heavy (non-hydrogen) atoms. The molecule has 0 heterocycles. The van der Waals surface area contributed by atoms with E-state index in [0.29, 0.717) is 16.8 Å². The van der Waals surface area contributed by atoms with Gasteiger partial charge in [-0.1, -0.05) is 24.3 Å². The number of hydrogen-bond acceptors (Lipinski definition) is 2. The standard InChI is InChI=1S/C14H12BrFO2/c15-13-6-5-12(7-14(13)16)18-9-11-3-1-10(8-17)2-4-11/h1-7,17H,8-9H2. The molecule has 0 saturated carbocycles. The molecule has 4 heteroatoms. The lowest BCUT2D eigenvalue weighted by Gasteiger charge is -2.07. The van der Waals surface area contributed by atoms with Gasteiger partial charge in [0.1, 0.15) is 18.2 Å². The van der Waals surface area contributed by atoms with Crippen LogP contribution in [-0.4, -0.2) is 5.11 Å². The van der Waals surface area contributed by atoms with E-state index in [2.05, 4.69) is 15.9 Å². The molecule has 0 atom stereocenters. The molecule has 2 rings (SSSR count). The summed E-state index contributed by atoms with van der Waals surface area (Å²) in [6.07, 6.45) is 0. The zero-order valence-electron chi connectivity index (χ0n) is 9.57. The Kier molecular flexibility index (Phi) is 4.33. The van der Waals surface area contributed by atoms with E-state index in [0.717, 1.165) is 11.1 Å². The van der Waals surface area contributed by atoms with E-state index in [9.17, 15) is 4.39 Å². The first-order valence-corrected chi connectivity index (χ1v) is 6.25. The maximum absolute atomic E-state index is 13.2. The van der Waals surface area contributed by atoms with Crippen molar-refractivity contribution < 1.29 is 14.2 Å². The Balaban J connectivity index is 1.99. The third-order valence-corrected chi connectivity index (χ3v) is 3.15. The topological polar surface area (TPSA) is 29.5 Å². The fourth-order valence-electron chi connectivity index (χ4n) is 1.47. The molecule has 0 aliphatic carbocycles. The number of benzene rings is 2. The van der Waals surface area contributed by atoms with Crippen LogP contribution in [0.4, 0.5) is 4.39 Å². The van der Waals surface area contributed by atoms with E-state index in [-0.39, 0.29) is 12.4 Å². The Hall–Kier alpha value is -1.39. The van der Waals surface area contributed by atoms with Crippen LogP contribution in [-0.2, 0) is 13.2 Å². The number of aliphatic hydroxyl groups is 1. The molecule has 1 N–H and O–H groups in total. The van der Waals surface area contributed by atoms with Crippen molar-refractivity contribution in [1.82, 2.24) is 0 Å². The average molecular weight is 311 g/mol. The predicted molar refractivity (Wildman–Crippen MR) is 70.8 cm³/mol. The van der Waals surface area contributed by atoms with Crippen molar-refractivity contribution in [2.24, 2.45) is 0 Å². The Morgan fingerprint density at radius 2 is 1.72 bits per heavy atom. The Morgan fingerprint density at radius 1 is 1.06 bits per heavy atom. The van der Waals surface area contributed by atoms with Crippen molar-refractivity contribution in [2.45, 2.75) is 13.2 Å². The van der Waals surface area contributed by atoms with Gasteiger partial charge in [0.2, 0.25) is 0 Å². The van der Waals surface area contributed by atoms with Crippen molar-refractivity contribution in [1.29, 1.82) is 0 Å². The molecule has 94 valence electrons. The molecule has 0 aromatic heterocycles. The third kappa shape index (κ3) is 3.31. The number of rotatable bonds is 4. The van der Waals surface area contributed by atoms with Gasteiger partial charge in [0.25, 0.3) is 0 Å². The summed E-state index contributed by atoms with van der Waals surface area (Å²) in [7, 11) is 0. The SMILES string of the molecule is OCc1ccc(COc2ccc(Br)c(F)c2)cc1. The summed E-state index contributed by atoms with van der Waals surface area (Å²) >= 11 is 3.09. The van der Waals surface area contributed by atoms with Gasteiger partial charge >= 0.3 is 0 Å². The largest absolute Gasteiger partial charge is 0.489 e. The van der Waals surface area contributed by atoms with E-state index in [1.54, 1.807) is 12.1 Å². The molecule has 2 aromatic rings. The lowest BCUT2D eigenvalue weighted by molar-refractivity contribution is 0.281. The molecule has 0 amide bonds. The first kappa shape index (κ1) is 13.1. The summed E-state index contributed by atoms with van der Waals surface area (Å²) < 4.78 is 19.1. The second-order valence-corrected chi connectivity index (χ2v) is 4.69. The molecule has 0 bridgehead atoms. The number of aliphatic hydroxyl groups excluding tert-OH is 1. The van der Waals surface area contributed by atoms with Crippen LogP contribution in [0.3, 0.4) is 0 Å². The minimum Gasteiger partial charge on any atom is -0.489 e. The van der Waals surface area contributed by atoms with Gasteiger partial charge in [0.05, 0.1) is 11.1 Å². The lowest BCUT2D eigenvalue weighted by atomic mass is 10.1. The third-order valence-electron chi connectivity index (χ3n) is 2.50. The van der Waals surface area contributed by atoms with Gasteiger partial charge in [0.15, 0.2) is 0 Å². The quantitative estimate of drug-likeness (QED) is 0.934. The van der Waals surface area contributed by atoms with Gasteiger partial charge in [-0.15, -0.1) is 0 Å². The summed E-state index contributed by atoms with van der Waals surface area (Å²) in [4.78, 5) is 0. The number of hydrogen-bond donors (Lipinski definition) is 1. The normalized spacial score (nSPS) is 10.4. The van der Waals surface area contributed by atoms with Crippen LogP contribution < -0.4 is 4.74 Å². The predicted octanol–water partition coefficient (Wildman–Crippen LogP) is 3.66. The minimum atomic E-state index is -0.344. The highest BCUT2D eigenvalue weighted by Crippen LogP contribution is 2.21. The molecule has 0 saturated heterocycles. The zero-order chi connectivity index (χ0) is 13.0.